The molecule has 0 amide bonds. The van der Waals surface area contributed by atoms with E-state index in [1.54, 1.807) is 7.11 Å². The van der Waals surface area contributed by atoms with E-state index in [0.717, 1.165) is 4.68 Å². The lowest BCUT2D eigenvalue weighted by Gasteiger charge is -2.18. The van der Waals surface area contributed by atoms with Gasteiger partial charge in [0.2, 0.25) is 0 Å². The van der Waals surface area contributed by atoms with Crippen LogP contribution in [0.5, 0.6) is 0 Å². The highest BCUT2D eigenvalue weighted by molar-refractivity contribution is 5.72. The minimum Gasteiger partial charge on any atom is -0.480 e. The Morgan fingerprint density at radius 1 is 1.68 bits per heavy atom. The Labute approximate surface area is 110 Å². The number of nitrogens with two attached hydrogens (primary N) is 1. The largest absolute Gasteiger partial charge is 0.480 e. The van der Waals surface area contributed by atoms with Gasteiger partial charge in [0, 0.05) is 26.8 Å². The summed E-state index contributed by atoms with van der Waals surface area (Å²) in [7, 11) is 3.40. The van der Waals surface area contributed by atoms with Crippen LogP contribution in [0.4, 0.5) is 5.69 Å². The molecule has 0 aromatic carbocycles. The predicted octanol–water partition coefficient (Wildman–Crippen LogP) is -1.26. The zero-order chi connectivity index (χ0) is 14.4. The van der Waals surface area contributed by atoms with Crippen LogP contribution in [0.3, 0.4) is 0 Å². The van der Waals surface area contributed by atoms with E-state index in [1.807, 2.05) is 11.9 Å². The number of hydrogen-bond donors (Lipinski definition) is 2. The van der Waals surface area contributed by atoms with Crippen molar-refractivity contribution in [2.45, 2.75) is 12.6 Å². The Hall–Kier alpha value is -1.93. The second kappa shape index (κ2) is 6.86. The van der Waals surface area contributed by atoms with Gasteiger partial charge in [-0.25, -0.2) is 4.68 Å². The molecule has 0 saturated heterocycles. The second-order valence-corrected chi connectivity index (χ2v) is 4.09. The van der Waals surface area contributed by atoms with Crippen molar-refractivity contribution in [3.05, 3.63) is 22.6 Å². The molecule has 1 unspecified atom stereocenters. The lowest BCUT2D eigenvalue weighted by atomic mass is 10.3. The van der Waals surface area contributed by atoms with Crippen molar-refractivity contribution in [1.82, 2.24) is 9.78 Å². The molecule has 0 radical (unpaired) electrons. The lowest BCUT2D eigenvalue weighted by Crippen LogP contribution is -2.39. The number of carboxylic acids is 1. The minimum atomic E-state index is -1.17. The third-order valence-electron chi connectivity index (χ3n) is 2.61. The second-order valence-electron chi connectivity index (χ2n) is 4.09. The van der Waals surface area contributed by atoms with E-state index in [1.165, 1.54) is 12.3 Å². The van der Waals surface area contributed by atoms with Gasteiger partial charge in [-0.15, -0.1) is 0 Å². The van der Waals surface area contributed by atoms with Crippen LogP contribution in [-0.2, 0) is 16.1 Å². The molecule has 3 N–H and O–H groups in total. The van der Waals surface area contributed by atoms with Crippen LogP contribution in [0.2, 0.25) is 0 Å². The molecule has 8 nitrogen and oxygen atoms in total. The molecular weight excluding hydrogens is 252 g/mol. The van der Waals surface area contributed by atoms with E-state index in [2.05, 4.69) is 5.10 Å². The van der Waals surface area contributed by atoms with Crippen LogP contribution < -0.4 is 16.2 Å². The van der Waals surface area contributed by atoms with Gasteiger partial charge < -0.3 is 20.5 Å². The predicted molar refractivity (Wildman–Crippen MR) is 69.3 cm³/mol. The summed E-state index contributed by atoms with van der Waals surface area (Å²) in [5.74, 6) is -1.17. The number of hydrogen-bond acceptors (Lipinski definition) is 6. The zero-order valence-corrected chi connectivity index (χ0v) is 10.9. The van der Waals surface area contributed by atoms with E-state index in [0.29, 0.717) is 18.8 Å². The quantitative estimate of drug-likeness (QED) is 0.636. The Morgan fingerprint density at radius 2 is 2.37 bits per heavy atom. The summed E-state index contributed by atoms with van der Waals surface area (Å²) in [4.78, 5) is 24.2. The molecular formula is C11H18N4O4. The average Bonchev–Trinajstić information content (AvgIpc) is 2.37. The Balaban J connectivity index is 2.80. The molecule has 0 spiro atoms. The first kappa shape index (κ1) is 15.1. The fourth-order valence-corrected chi connectivity index (χ4v) is 1.39. The van der Waals surface area contributed by atoms with Gasteiger partial charge in [0.1, 0.15) is 6.04 Å². The number of rotatable bonds is 7. The molecule has 0 bridgehead atoms. The van der Waals surface area contributed by atoms with Crippen molar-refractivity contribution in [3.63, 3.8) is 0 Å². The summed E-state index contributed by atoms with van der Waals surface area (Å²) in [5.41, 5.74) is 5.61. The summed E-state index contributed by atoms with van der Waals surface area (Å²) in [5, 5.41) is 12.6. The van der Waals surface area contributed by atoms with Gasteiger partial charge in [0.25, 0.3) is 5.56 Å². The summed E-state index contributed by atoms with van der Waals surface area (Å²) < 4.78 is 5.97. The van der Waals surface area contributed by atoms with Crippen molar-refractivity contribution in [3.8, 4) is 0 Å². The molecule has 0 fully saturated rings. The fraction of sp³-hybridized carbons (Fsp3) is 0.545. The number of carboxylic acid groups (broad SMARTS) is 1. The van der Waals surface area contributed by atoms with Crippen molar-refractivity contribution >= 4 is 11.7 Å². The van der Waals surface area contributed by atoms with E-state index < -0.39 is 17.6 Å². The maximum absolute atomic E-state index is 11.8. The summed E-state index contributed by atoms with van der Waals surface area (Å²) >= 11 is 0. The van der Waals surface area contributed by atoms with Crippen LogP contribution in [0.15, 0.2) is 17.1 Å². The monoisotopic (exact) mass is 270 g/mol. The lowest BCUT2D eigenvalue weighted by molar-refractivity contribution is -0.138. The van der Waals surface area contributed by atoms with E-state index in [-0.39, 0.29) is 6.54 Å². The number of likely N-dealkylation sites (N-methyl/N-ethyl adjacent to an activating group) is 1. The van der Waals surface area contributed by atoms with Gasteiger partial charge >= 0.3 is 5.97 Å². The maximum atomic E-state index is 11.8. The highest BCUT2D eigenvalue weighted by atomic mass is 16.5. The molecule has 1 aromatic rings. The highest BCUT2D eigenvalue weighted by Gasteiger charge is 2.14. The van der Waals surface area contributed by atoms with Crippen LogP contribution in [0, 0.1) is 0 Å². The van der Waals surface area contributed by atoms with Gasteiger partial charge in [0.05, 0.1) is 25.0 Å². The first-order valence-corrected chi connectivity index (χ1v) is 5.71. The third-order valence-corrected chi connectivity index (χ3v) is 2.61. The molecule has 1 heterocycles. The first-order chi connectivity index (χ1) is 8.95. The number of ether oxygens (including phenoxy) is 1. The molecule has 0 aliphatic carbocycles. The molecule has 0 aliphatic heterocycles. The van der Waals surface area contributed by atoms with Crippen LogP contribution in [-0.4, -0.2) is 54.2 Å². The molecule has 1 rings (SSSR count). The van der Waals surface area contributed by atoms with Crippen molar-refractivity contribution in [2.24, 2.45) is 5.73 Å². The van der Waals surface area contributed by atoms with Crippen LogP contribution >= 0.6 is 0 Å². The van der Waals surface area contributed by atoms with E-state index in [9.17, 15) is 9.59 Å². The van der Waals surface area contributed by atoms with Gasteiger partial charge in [-0.05, 0) is 0 Å². The Bertz CT molecular complexity index is 488. The molecule has 0 aliphatic rings. The molecule has 1 atom stereocenters. The topological polar surface area (TPSA) is 111 Å². The fourth-order valence-electron chi connectivity index (χ4n) is 1.39. The SMILES string of the molecule is COCCN(C)c1cnn(CC(N)C(=O)O)c(=O)c1. The van der Waals surface area contributed by atoms with Gasteiger partial charge in [-0.3, -0.25) is 9.59 Å². The molecule has 0 saturated carbocycles. The molecule has 19 heavy (non-hydrogen) atoms. The maximum Gasteiger partial charge on any atom is 0.322 e. The zero-order valence-electron chi connectivity index (χ0n) is 10.9. The average molecular weight is 270 g/mol. The van der Waals surface area contributed by atoms with Gasteiger partial charge in [-0.1, -0.05) is 0 Å². The number of aliphatic carboxylic acids is 1. The number of carbonyl (C=O) groups is 1. The van der Waals surface area contributed by atoms with Crippen molar-refractivity contribution < 1.29 is 14.6 Å². The molecule has 8 heteroatoms. The first-order valence-electron chi connectivity index (χ1n) is 5.71. The summed E-state index contributed by atoms with van der Waals surface area (Å²) in [6.07, 6.45) is 1.49. The highest BCUT2D eigenvalue weighted by Crippen LogP contribution is 2.06. The molecule has 1 aromatic heterocycles. The molecule has 106 valence electrons. The smallest absolute Gasteiger partial charge is 0.322 e. The summed E-state index contributed by atoms with van der Waals surface area (Å²) in [6.45, 7) is 0.996. The van der Waals surface area contributed by atoms with Crippen LogP contribution in [0.25, 0.3) is 0 Å². The van der Waals surface area contributed by atoms with Crippen LogP contribution in [0.1, 0.15) is 0 Å². The van der Waals surface area contributed by atoms with E-state index >= 15 is 0 Å². The normalized spacial score (nSPS) is 12.2. The van der Waals surface area contributed by atoms with Gasteiger partial charge in [0.15, 0.2) is 0 Å². The van der Waals surface area contributed by atoms with E-state index in [4.69, 9.17) is 15.6 Å². The Kier molecular flexibility index (Phi) is 5.46. The standard InChI is InChI=1S/C11H18N4O4/c1-14(3-4-19-2)8-5-10(16)15(13-6-8)7-9(12)11(17)18/h5-6,9H,3-4,7,12H2,1-2H3,(H,17,18). The number of methoxy groups -OCH3 is 1. The van der Waals surface area contributed by atoms with Crippen molar-refractivity contribution in [1.29, 1.82) is 0 Å². The Morgan fingerprint density at radius 3 is 2.89 bits per heavy atom. The minimum absolute atomic E-state index is 0.157. The number of nitrogens with zero attached hydrogens (tertiary/aromatic N) is 3. The summed E-state index contributed by atoms with van der Waals surface area (Å²) in [6, 6.07) is 0.235. The van der Waals surface area contributed by atoms with Gasteiger partial charge in [-0.2, -0.15) is 5.10 Å². The third kappa shape index (κ3) is 4.34. The number of anilines is 1. The van der Waals surface area contributed by atoms with Crippen molar-refractivity contribution in [2.75, 3.05) is 32.2 Å². The number of aromatic nitrogens is 2.